The van der Waals surface area contributed by atoms with Gasteiger partial charge in [-0.2, -0.15) is 5.26 Å². The summed E-state index contributed by atoms with van der Waals surface area (Å²) < 4.78 is 5.51. The molecule has 1 aromatic heterocycles. The second-order valence-electron chi connectivity index (χ2n) is 5.62. The summed E-state index contributed by atoms with van der Waals surface area (Å²) in [6.07, 6.45) is 0. The van der Waals surface area contributed by atoms with E-state index >= 15 is 0 Å². The van der Waals surface area contributed by atoms with Crippen LogP contribution < -0.4 is 5.32 Å². The van der Waals surface area contributed by atoms with E-state index < -0.39 is 10.2 Å². The lowest BCUT2D eigenvalue weighted by Crippen LogP contribution is -2.22. The number of carbonyl (C=O) groups excluding carboxylic acids is 1. The summed E-state index contributed by atoms with van der Waals surface area (Å²) in [5.74, 6) is -0.143. The number of benzene rings is 2. The highest BCUT2D eigenvalue weighted by molar-refractivity contribution is 8.00. The number of nitrogens with zero attached hydrogens (tertiary/aromatic N) is 4. The van der Waals surface area contributed by atoms with Crippen LogP contribution >= 0.6 is 11.8 Å². The fourth-order valence-corrected chi connectivity index (χ4v) is 2.89. The molecule has 0 unspecified atom stereocenters. The summed E-state index contributed by atoms with van der Waals surface area (Å²) in [5.41, 5.74) is 1.41. The third-order valence-electron chi connectivity index (χ3n) is 3.64. The van der Waals surface area contributed by atoms with Gasteiger partial charge in [0.2, 0.25) is 11.8 Å². The predicted molar refractivity (Wildman–Crippen MR) is 101 cm³/mol. The molecule has 1 heterocycles. The van der Waals surface area contributed by atoms with Gasteiger partial charge in [-0.25, -0.2) is 0 Å². The number of amides is 1. The highest BCUT2D eigenvalue weighted by atomic mass is 32.2. The smallest absolute Gasteiger partial charge is 0.277 e. The number of hydrogen-bond donors (Lipinski definition) is 1. The molecular weight excluding hydrogens is 382 g/mol. The second-order valence-corrected chi connectivity index (χ2v) is 6.91. The molecule has 2 aromatic carbocycles. The van der Waals surface area contributed by atoms with Crippen molar-refractivity contribution in [1.82, 2.24) is 10.2 Å². The van der Waals surface area contributed by atoms with Crippen LogP contribution in [0.3, 0.4) is 0 Å². The van der Waals surface area contributed by atoms with E-state index in [2.05, 4.69) is 15.5 Å². The molecule has 9 nitrogen and oxygen atoms in total. The van der Waals surface area contributed by atoms with E-state index in [1.54, 1.807) is 37.3 Å². The molecule has 3 aromatic rings. The SMILES string of the molecule is C[C@@H](Sc1nnc(-c2cccc([N+](=O)[O-])c2)o1)C(=O)Nc1ccc(C#N)cc1. The van der Waals surface area contributed by atoms with E-state index in [-0.39, 0.29) is 22.7 Å². The Morgan fingerprint density at radius 2 is 2.04 bits per heavy atom. The van der Waals surface area contributed by atoms with E-state index in [0.29, 0.717) is 16.8 Å². The summed E-state index contributed by atoms with van der Waals surface area (Å²) in [5, 5.41) is 29.8. The molecule has 0 fully saturated rings. The van der Waals surface area contributed by atoms with Crippen molar-refractivity contribution in [1.29, 1.82) is 5.26 Å². The zero-order chi connectivity index (χ0) is 20.1. The number of nitro groups is 1. The van der Waals surface area contributed by atoms with Crippen LogP contribution in [-0.2, 0) is 4.79 Å². The first kappa shape index (κ1) is 19.1. The zero-order valence-electron chi connectivity index (χ0n) is 14.5. The third-order valence-corrected chi connectivity index (χ3v) is 4.57. The minimum Gasteiger partial charge on any atom is -0.411 e. The summed E-state index contributed by atoms with van der Waals surface area (Å²) in [7, 11) is 0. The minimum absolute atomic E-state index is 0.0833. The van der Waals surface area contributed by atoms with E-state index in [1.165, 1.54) is 18.2 Å². The number of thioether (sulfide) groups is 1. The molecule has 140 valence electrons. The van der Waals surface area contributed by atoms with Crippen LogP contribution in [0.4, 0.5) is 11.4 Å². The number of nitriles is 1. The van der Waals surface area contributed by atoms with Gasteiger partial charge in [0.25, 0.3) is 10.9 Å². The van der Waals surface area contributed by atoms with Gasteiger partial charge in [-0.15, -0.1) is 10.2 Å². The molecule has 1 amide bonds. The van der Waals surface area contributed by atoms with Gasteiger partial charge in [0.1, 0.15) is 0 Å². The molecule has 0 aliphatic carbocycles. The van der Waals surface area contributed by atoms with Crippen LogP contribution in [0.5, 0.6) is 0 Å². The fourth-order valence-electron chi connectivity index (χ4n) is 2.20. The molecule has 0 aliphatic heterocycles. The summed E-state index contributed by atoms with van der Waals surface area (Å²) in [6, 6.07) is 14.4. The van der Waals surface area contributed by atoms with Gasteiger partial charge in [-0.1, -0.05) is 17.8 Å². The number of aromatic nitrogens is 2. The molecule has 0 saturated heterocycles. The van der Waals surface area contributed by atoms with E-state index in [4.69, 9.17) is 9.68 Å². The average Bonchev–Trinajstić information content (AvgIpc) is 3.17. The summed E-state index contributed by atoms with van der Waals surface area (Å²) in [4.78, 5) is 22.7. The van der Waals surface area contributed by atoms with Crippen LogP contribution in [0, 0.1) is 21.4 Å². The van der Waals surface area contributed by atoms with Gasteiger partial charge < -0.3 is 9.73 Å². The topological polar surface area (TPSA) is 135 Å². The van der Waals surface area contributed by atoms with Gasteiger partial charge in [0, 0.05) is 23.4 Å². The van der Waals surface area contributed by atoms with Gasteiger partial charge in [-0.3, -0.25) is 14.9 Å². The number of nitro benzene ring substituents is 1. The van der Waals surface area contributed by atoms with Crippen molar-refractivity contribution < 1.29 is 14.1 Å². The van der Waals surface area contributed by atoms with E-state index in [9.17, 15) is 14.9 Å². The zero-order valence-corrected chi connectivity index (χ0v) is 15.3. The molecule has 1 N–H and O–H groups in total. The molecule has 0 aliphatic rings. The molecule has 0 radical (unpaired) electrons. The van der Waals surface area contributed by atoms with Crippen LogP contribution in [0.2, 0.25) is 0 Å². The maximum absolute atomic E-state index is 12.3. The molecule has 0 spiro atoms. The standard InChI is InChI=1S/C18H13N5O4S/c1-11(16(24)20-14-7-5-12(10-19)6-8-14)28-18-22-21-17(27-18)13-3-2-4-15(9-13)23(25)26/h2-9,11H,1H3,(H,20,24)/t11-/m1/s1. The monoisotopic (exact) mass is 395 g/mol. The van der Waals surface area contributed by atoms with Crippen molar-refractivity contribution in [3.63, 3.8) is 0 Å². The van der Waals surface area contributed by atoms with Crippen molar-refractivity contribution in [3.8, 4) is 17.5 Å². The van der Waals surface area contributed by atoms with Crippen molar-refractivity contribution in [2.24, 2.45) is 0 Å². The predicted octanol–water partition coefficient (Wildman–Crippen LogP) is 3.64. The molecular formula is C18H13N5O4S. The number of carbonyl (C=O) groups is 1. The lowest BCUT2D eigenvalue weighted by Gasteiger charge is -2.09. The Hall–Kier alpha value is -3.71. The first-order chi connectivity index (χ1) is 13.5. The highest BCUT2D eigenvalue weighted by Gasteiger charge is 2.19. The normalized spacial score (nSPS) is 11.4. The van der Waals surface area contributed by atoms with Gasteiger partial charge in [0.05, 0.1) is 21.8 Å². The minimum atomic E-state index is -0.533. The van der Waals surface area contributed by atoms with Crippen LogP contribution in [-0.4, -0.2) is 26.3 Å². The Balaban J connectivity index is 1.65. The first-order valence-electron chi connectivity index (χ1n) is 8.02. The number of nitrogens with one attached hydrogen (secondary N) is 1. The molecule has 0 saturated carbocycles. The fraction of sp³-hybridized carbons (Fsp3) is 0.111. The molecule has 10 heteroatoms. The Bertz CT molecular complexity index is 1060. The average molecular weight is 395 g/mol. The van der Waals surface area contributed by atoms with Crippen molar-refractivity contribution in [2.75, 3.05) is 5.32 Å². The molecule has 3 rings (SSSR count). The second kappa shape index (κ2) is 8.32. The van der Waals surface area contributed by atoms with Crippen LogP contribution in [0.15, 0.2) is 58.2 Å². The number of non-ortho nitro benzene ring substituents is 1. The van der Waals surface area contributed by atoms with Crippen molar-refractivity contribution in [3.05, 3.63) is 64.2 Å². The van der Waals surface area contributed by atoms with E-state index in [1.807, 2.05) is 6.07 Å². The van der Waals surface area contributed by atoms with Crippen molar-refractivity contribution in [2.45, 2.75) is 17.4 Å². The maximum Gasteiger partial charge on any atom is 0.277 e. The Labute approximate surface area is 163 Å². The van der Waals surface area contributed by atoms with Crippen LogP contribution in [0.1, 0.15) is 12.5 Å². The van der Waals surface area contributed by atoms with Gasteiger partial charge in [0.15, 0.2) is 0 Å². The molecule has 1 atom stereocenters. The Morgan fingerprint density at radius 1 is 1.29 bits per heavy atom. The highest BCUT2D eigenvalue weighted by Crippen LogP contribution is 2.28. The molecule has 28 heavy (non-hydrogen) atoms. The van der Waals surface area contributed by atoms with Gasteiger partial charge in [-0.05, 0) is 37.3 Å². The maximum atomic E-state index is 12.3. The van der Waals surface area contributed by atoms with E-state index in [0.717, 1.165) is 11.8 Å². The Morgan fingerprint density at radius 3 is 2.71 bits per heavy atom. The molecule has 0 bridgehead atoms. The number of hydrogen-bond acceptors (Lipinski definition) is 8. The summed E-state index contributed by atoms with van der Waals surface area (Å²) >= 11 is 1.07. The largest absolute Gasteiger partial charge is 0.411 e. The quantitative estimate of drug-likeness (QED) is 0.380. The van der Waals surface area contributed by atoms with Crippen molar-refractivity contribution >= 4 is 29.0 Å². The lowest BCUT2D eigenvalue weighted by atomic mass is 10.2. The Kier molecular flexibility index (Phi) is 5.67. The van der Waals surface area contributed by atoms with Crippen LogP contribution in [0.25, 0.3) is 11.5 Å². The third kappa shape index (κ3) is 4.52. The lowest BCUT2D eigenvalue weighted by molar-refractivity contribution is -0.384. The number of rotatable bonds is 6. The first-order valence-corrected chi connectivity index (χ1v) is 8.90. The van der Waals surface area contributed by atoms with Gasteiger partial charge >= 0.3 is 0 Å². The summed E-state index contributed by atoms with van der Waals surface area (Å²) in [6.45, 7) is 1.68. The number of anilines is 1.